The number of anilines is 2. The average molecular weight is 607 g/mol. The van der Waals surface area contributed by atoms with E-state index in [1.54, 1.807) is 21.5 Å². The SMILES string of the molecule is Cc1ccc(-n2nc(C(C)(C)C)cc2NC(=O)Nc2cccc(C(C(=O)c3ccc4ncsc4c3)C3CCNCC3)c2)cc1. The van der Waals surface area contributed by atoms with E-state index in [2.05, 4.69) is 41.7 Å². The highest BCUT2D eigenvalue weighted by molar-refractivity contribution is 7.16. The maximum Gasteiger partial charge on any atom is 0.324 e. The van der Waals surface area contributed by atoms with Gasteiger partial charge in [-0.2, -0.15) is 5.10 Å². The Hall–Kier alpha value is -4.34. The molecule has 0 radical (unpaired) electrons. The molecule has 5 aromatic rings. The molecule has 1 aliphatic rings. The number of aromatic nitrogens is 3. The topological polar surface area (TPSA) is 101 Å². The molecule has 9 heteroatoms. The van der Waals surface area contributed by atoms with Crippen LogP contribution in [-0.2, 0) is 5.41 Å². The van der Waals surface area contributed by atoms with Crippen molar-refractivity contribution in [1.82, 2.24) is 20.1 Å². The van der Waals surface area contributed by atoms with Crippen molar-refractivity contribution in [3.8, 4) is 5.69 Å². The number of carbonyl (C=O) groups is 2. The van der Waals surface area contributed by atoms with Crippen LogP contribution in [0.15, 0.2) is 78.3 Å². The van der Waals surface area contributed by atoms with Gasteiger partial charge in [0.25, 0.3) is 0 Å². The summed E-state index contributed by atoms with van der Waals surface area (Å²) >= 11 is 1.54. The Morgan fingerprint density at radius 2 is 1.75 bits per heavy atom. The molecular formula is C35H38N6O2S. The van der Waals surface area contributed by atoms with Crippen molar-refractivity contribution in [2.24, 2.45) is 5.92 Å². The highest BCUT2D eigenvalue weighted by Gasteiger charge is 2.32. The number of thiazole rings is 1. The Morgan fingerprint density at radius 3 is 2.50 bits per heavy atom. The van der Waals surface area contributed by atoms with E-state index in [-0.39, 0.29) is 29.1 Å². The number of nitrogens with zero attached hydrogens (tertiary/aromatic N) is 3. The van der Waals surface area contributed by atoms with Gasteiger partial charge in [-0.15, -0.1) is 11.3 Å². The summed E-state index contributed by atoms with van der Waals surface area (Å²) in [7, 11) is 0. The lowest BCUT2D eigenvalue weighted by Crippen LogP contribution is -2.33. The Labute approximate surface area is 261 Å². The predicted molar refractivity (Wildman–Crippen MR) is 178 cm³/mol. The number of nitrogens with one attached hydrogen (secondary N) is 3. The molecule has 1 aliphatic heterocycles. The number of hydrogen-bond donors (Lipinski definition) is 3. The first-order valence-electron chi connectivity index (χ1n) is 15.1. The monoisotopic (exact) mass is 606 g/mol. The van der Waals surface area contributed by atoms with Crippen LogP contribution in [0.4, 0.5) is 16.3 Å². The van der Waals surface area contributed by atoms with Crippen LogP contribution in [0.5, 0.6) is 0 Å². The van der Waals surface area contributed by atoms with Gasteiger partial charge in [-0.3, -0.25) is 10.1 Å². The Balaban J connectivity index is 1.26. The van der Waals surface area contributed by atoms with E-state index < -0.39 is 0 Å². The van der Waals surface area contributed by atoms with Gasteiger partial charge < -0.3 is 10.6 Å². The average Bonchev–Trinajstić information content (AvgIpc) is 3.65. The highest BCUT2D eigenvalue weighted by atomic mass is 32.1. The van der Waals surface area contributed by atoms with E-state index in [1.165, 1.54) is 0 Å². The molecule has 1 saturated heterocycles. The minimum absolute atomic E-state index is 0.102. The zero-order valence-electron chi connectivity index (χ0n) is 25.6. The van der Waals surface area contributed by atoms with Crippen molar-refractivity contribution < 1.29 is 9.59 Å². The number of carbonyl (C=O) groups excluding carboxylic acids is 2. The van der Waals surface area contributed by atoms with Crippen molar-refractivity contribution in [3.05, 3.63) is 101 Å². The normalized spacial score (nSPS) is 14.8. The summed E-state index contributed by atoms with van der Waals surface area (Å²) in [6.45, 7) is 10.1. The summed E-state index contributed by atoms with van der Waals surface area (Å²) in [6.07, 6.45) is 1.83. The smallest absolute Gasteiger partial charge is 0.317 e. The van der Waals surface area contributed by atoms with E-state index in [9.17, 15) is 9.59 Å². The van der Waals surface area contributed by atoms with Gasteiger partial charge in [0, 0.05) is 22.7 Å². The molecule has 2 amide bonds. The fourth-order valence-corrected chi connectivity index (χ4v) is 6.53. The van der Waals surface area contributed by atoms with Crippen LogP contribution in [0, 0.1) is 12.8 Å². The first kappa shape index (κ1) is 29.7. The van der Waals surface area contributed by atoms with Crippen LogP contribution in [0.25, 0.3) is 15.9 Å². The second kappa shape index (κ2) is 12.3. The summed E-state index contributed by atoms with van der Waals surface area (Å²) < 4.78 is 2.77. The summed E-state index contributed by atoms with van der Waals surface area (Å²) in [4.78, 5) is 31.9. The molecular weight excluding hydrogens is 568 g/mol. The molecule has 1 fully saturated rings. The Kier molecular flexibility index (Phi) is 8.33. The van der Waals surface area contributed by atoms with Crippen molar-refractivity contribution in [3.63, 3.8) is 0 Å². The molecule has 3 aromatic carbocycles. The van der Waals surface area contributed by atoms with E-state index in [1.807, 2.05) is 79.7 Å². The van der Waals surface area contributed by atoms with Crippen LogP contribution >= 0.6 is 11.3 Å². The number of amides is 2. The van der Waals surface area contributed by atoms with Crippen LogP contribution in [0.2, 0.25) is 0 Å². The second-order valence-corrected chi connectivity index (χ2v) is 13.5. The maximum atomic E-state index is 14.1. The molecule has 8 nitrogen and oxygen atoms in total. The number of Topliss-reactive ketones (excluding diaryl/α,β-unsaturated/α-hetero) is 1. The number of piperidine rings is 1. The molecule has 6 rings (SSSR count). The van der Waals surface area contributed by atoms with Gasteiger partial charge >= 0.3 is 6.03 Å². The van der Waals surface area contributed by atoms with E-state index in [0.29, 0.717) is 17.1 Å². The van der Waals surface area contributed by atoms with Crippen LogP contribution in [0.3, 0.4) is 0 Å². The quantitative estimate of drug-likeness (QED) is 0.165. The third kappa shape index (κ3) is 6.44. The standard InChI is InChI=1S/C35H38N6O2S/c1-22-8-11-27(12-9-22)41-31(20-30(40-41)35(2,3)4)39-34(43)38-26-7-5-6-24(18-26)32(23-14-16-36-17-15-23)33(42)25-10-13-28-29(19-25)44-21-37-28/h5-13,18-21,23,32,36H,14-17H2,1-4H3,(H2,38,39,43). The largest absolute Gasteiger partial charge is 0.324 e. The number of hydrogen-bond acceptors (Lipinski definition) is 6. The zero-order chi connectivity index (χ0) is 30.8. The minimum atomic E-state index is -0.378. The van der Waals surface area contributed by atoms with Crippen LogP contribution < -0.4 is 16.0 Å². The summed E-state index contributed by atoms with van der Waals surface area (Å²) in [5, 5.41) is 14.3. The van der Waals surface area contributed by atoms with Crippen molar-refractivity contribution in [2.45, 2.75) is 51.9 Å². The van der Waals surface area contributed by atoms with Crippen molar-refractivity contribution in [1.29, 1.82) is 0 Å². The molecule has 1 atom stereocenters. The first-order chi connectivity index (χ1) is 21.2. The van der Waals surface area contributed by atoms with Gasteiger partial charge in [-0.05, 0) is 86.8 Å². The third-order valence-electron chi connectivity index (χ3n) is 8.26. The Morgan fingerprint density at radius 1 is 0.977 bits per heavy atom. The Bertz CT molecular complexity index is 1790. The molecule has 0 aliphatic carbocycles. The van der Waals surface area contributed by atoms with Gasteiger partial charge in [0.2, 0.25) is 0 Å². The van der Waals surface area contributed by atoms with Crippen LogP contribution in [-0.4, -0.2) is 39.7 Å². The van der Waals surface area contributed by atoms with Crippen LogP contribution in [0.1, 0.15) is 66.7 Å². The fourth-order valence-electron chi connectivity index (χ4n) is 5.81. The van der Waals surface area contributed by atoms with Gasteiger partial charge in [-0.1, -0.05) is 50.6 Å². The molecule has 3 N–H and O–H groups in total. The lowest BCUT2D eigenvalue weighted by molar-refractivity contribution is 0.0916. The lowest BCUT2D eigenvalue weighted by atomic mass is 9.76. The van der Waals surface area contributed by atoms with E-state index in [0.717, 1.165) is 58.7 Å². The molecule has 3 heterocycles. The third-order valence-corrected chi connectivity index (χ3v) is 9.05. The molecule has 0 bridgehead atoms. The molecule has 0 saturated carbocycles. The molecule has 44 heavy (non-hydrogen) atoms. The van der Waals surface area contributed by atoms with E-state index in [4.69, 9.17) is 5.10 Å². The number of aryl methyl sites for hydroxylation is 1. The fraction of sp³-hybridized carbons (Fsp3) is 0.314. The first-order valence-corrected chi connectivity index (χ1v) is 16.0. The number of fused-ring (bicyclic) bond motifs is 1. The van der Waals surface area contributed by atoms with E-state index >= 15 is 0 Å². The predicted octanol–water partition coefficient (Wildman–Crippen LogP) is 7.70. The summed E-state index contributed by atoms with van der Waals surface area (Å²) in [5.74, 6) is 0.563. The molecule has 2 aromatic heterocycles. The maximum absolute atomic E-state index is 14.1. The number of ketones is 1. The summed E-state index contributed by atoms with van der Waals surface area (Å²) in [5.41, 5.74) is 7.62. The number of rotatable bonds is 7. The summed E-state index contributed by atoms with van der Waals surface area (Å²) in [6, 6.07) is 23.1. The van der Waals surface area contributed by atoms with Gasteiger partial charge in [0.15, 0.2) is 5.78 Å². The number of urea groups is 1. The minimum Gasteiger partial charge on any atom is -0.317 e. The lowest BCUT2D eigenvalue weighted by Gasteiger charge is -2.30. The van der Waals surface area contributed by atoms with Crippen molar-refractivity contribution in [2.75, 3.05) is 23.7 Å². The van der Waals surface area contributed by atoms with Gasteiger partial charge in [0.05, 0.1) is 33.0 Å². The number of benzene rings is 3. The molecule has 1 unspecified atom stereocenters. The van der Waals surface area contributed by atoms with Gasteiger partial charge in [0.1, 0.15) is 5.82 Å². The molecule has 226 valence electrons. The highest BCUT2D eigenvalue weighted by Crippen LogP contribution is 2.36. The second-order valence-electron chi connectivity index (χ2n) is 12.6. The van der Waals surface area contributed by atoms with Gasteiger partial charge in [-0.25, -0.2) is 14.5 Å². The molecule has 0 spiro atoms. The zero-order valence-corrected chi connectivity index (χ0v) is 26.4. The van der Waals surface area contributed by atoms with Crippen molar-refractivity contribution >= 4 is 44.9 Å².